The lowest BCUT2D eigenvalue weighted by atomic mass is 10.0. The molecule has 0 bridgehead atoms. The lowest BCUT2D eigenvalue weighted by Gasteiger charge is -2.13. The molecule has 3 rings (SSSR count). The number of benzene rings is 2. The van der Waals surface area contributed by atoms with Crippen LogP contribution in [-0.4, -0.2) is 16.7 Å². The van der Waals surface area contributed by atoms with Gasteiger partial charge in [-0.2, -0.15) is 0 Å². The van der Waals surface area contributed by atoms with Crippen molar-refractivity contribution >= 4 is 23.1 Å². The van der Waals surface area contributed by atoms with Crippen molar-refractivity contribution in [3.8, 4) is 0 Å². The number of carbonyl (C=O) groups excluding carboxylic acids is 2. The summed E-state index contributed by atoms with van der Waals surface area (Å²) in [4.78, 5) is 29.1. The number of oxazole rings is 1. The molecule has 2 atom stereocenters. The predicted molar refractivity (Wildman–Crippen MR) is 112 cm³/mol. The van der Waals surface area contributed by atoms with Gasteiger partial charge in [0.2, 0.25) is 5.89 Å². The molecule has 0 radical (unpaired) electrons. The van der Waals surface area contributed by atoms with Crippen LogP contribution < -0.4 is 16.8 Å². The van der Waals surface area contributed by atoms with E-state index in [0.29, 0.717) is 28.4 Å². The molecule has 0 saturated heterocycles. The third-order valence-electron chi connectivity index (χ3n) is 4.87. The average Bonchev–Trinajstić information content (AvgIpc) is 3.23. The zero-order chi connectivity index (χ0) is 21.0. The van der Waals surface area contributed by atoms with Crippen LogP contribution in [0.3, 0.4) is 0 Å². The Kier molecular flexibility index (Phi) is 6.09. The van der Waals surface area contributed by atoms with Crippen LogP contribution in [0.4, 0.5) is 11.4 Å². The molecule has 1 heterocycles. The van der Waals surface area contributed by atoms with Crippen molar-refractivity contribution in [2.45, 2.75) is 26.3 Å². The van der Waals surface area contributed by atoms with Crippen LogP contribution in [0.1, 0.15) is 58.6 Å². The fourth-order valence-corrected chi connectivity index (χ4v) is 2.74. The Labute approximate surface area is 169 Å². The highest BCUT2D eigenvalue weighted by atomic mass is 16.3. The highest BCUT2D eigenvalue weighted by Gasteiger charge is 2.21. The first-order chi connectivity index (χ1) is 13.9. The molecular weight excluding hydrogens is 368 g/mol. The second kappa shape index (κ2) is 8.70. The summed E-state index contributed by atoms with van der Waals surface area (Å²) in [6.45, 7) is 4.03. The fourth-order valence-electron chi connectivity index (χ4n) is 2.74. The van der Waals surface area contributed by atoms with Crippen LogP contribution in [0.5, 0.6) is 0 Å². The summed E-state index contributed by atoms with van der Waals surface area (Å²) in [5.41, 5.74) is 14.1. The van der Waals surface area contributed by atoms with E-state index < -0.39 is 5.91 Å². The van der Waals surface area contributed by atoms with E-state index in [1.165, 1.54) is 6.26 Å². The molecule has 7 nitrogen and oxygen atoms in total. The maximum absolute atomic E-state index is 12.5. The Bertz CT molecular complexity index is 994. The van der Waals surface area contributed by atoms with E-state index >= 15 is 0 Å². The summed E-state index contributed by atoms with van der Waals surface area (Å²) >= 11 is 0. The molecule has 0 aliphatic heterocycles. The molecule has 0 spiro atoms. The number of anilines is 2. The largest absolute Gasteiger partial charge is 0.446 e. The van der Waals surface area contributed by atoms with Gasteiger partial charge in [0.15, 0.2) is 11.5 Å². The maximum atomic E-state index is 12.5. The first kappa shape index (κ1) is 20.3. The molecule has 5 N–H and O–H groups in total. The van der Waals surface area contributed by atoms with Gasteiger partial charge in [0.1, 0.15) is 6.26 Å². The Hall–Kier alpha value is -3.45. The number of amides is 1. The molecule has 1 amide bonds. The molecule has 2 aromatic carbocycles. The van der Waals surface area contributed by atoms with E-state index in [0.717, 1.165) is 6.42 Å². The van der Waals surface area contributed by atoms with Gasteiger partial charge in [0.05, 0.1) is 6.04 Å². The average molecular weight is 392 g/mol. The van der Waals surface area contributed by atoms with Crippen LogP contribution in [0.2, 0.25) is 0 Å². The normalized spacial score (nSPS) is 12.9. The molecular formula is C22H24N4O3. The number of hydrogen-bond acceptors (Lipinski definition) is 6. The molecule has 2 unspecified atom stereocenters. The Morgan fingerprint density at radius 3 is 2.24 bits per heavy atom. The Balaban J connectivity index is 1.66. The number of ketones is 1. The summed E-state index contributed by atoms with van der Waals surface area (Å²) in [7, 11) is 0. The smallest absolute Gasteiger partial charge is 0.277 e. The minimum atomic E-state index is -0.408. The van der Waals surface area contributed by atoms with Crippen molar-refractivity contribution in [2.24, 2.45) is 11.7 Å². The molecule has 7 heteroatoms. The van der Waals surface area contributed by atoms with Crippen LogP contribution >= 0.6 is 0 Å². The van der Waals surface area contributed by atoms with Gasteiger partial charge in [0.25, 0.3) is 5.91 Å². The highest BCUT2D eigenvalue weighted by molar-refractivity contribution is 6.09. The number of nitrogens with two attached hydrogens (primary N) is 2. The SMILES string of the molecule is CCC(C)C(N)c1nc(C(=O)Nc2ccc(C(=O)c3ccc(N)cc3)cc2)co1. The third-order valence-corrected chi connectivity index (χ3v) is 4.87. The van der Waals surface area contributed by atoms with Gasteiger partial charge in [-0.1, -0.05) is 20.3 Å². The van der Waals surface area contributed by atoms with Crippen molar-refractivity contribution in [3.63, 3.8) is 0 Å². The topological polar surface area (TPSA) is 124 Å². The van der Waals surface area contributed by atoms with Gasteiger partial charge in [-0.25, -0.2) is 4.98 Å². The second-order valence-electron chi connectivity index (χ2n) is 6.96. The van der Waals surface area contributed by atoms with Crippen LogP contribution in [0.25, 0.3) is 0 Å². The van der Waals surface area contributed by atoms with Gasteiger partial charge in [0, 0.05) is 22.5 Å². The third kappa shape index (κ3) is 4.70. The van der Waals surface area contributed by atoms with Gasteiger partial charge in [-0.3, -0.25) is 9.59 Å². The summed E-state index contributed by atoms with van der Waals surface area (Å²) in [6.07, 6.45) is 2.18. The van der Waals surface area contributed by atoms with E-state index in [-0.39, 0.29) is 23.4 Å². The second-order valence-corrected chi connectivity index (χ2v) is 6.96. The fraction of sp³-hybridized carbons (Fsp3) is 0.227. The van der Waals surface area contributed by atoms with Crippen molar-refractivity contribution in [1.82, 2.24) is 4.98 Å². The number of nitrogen functional groups attached to an aromatic ring is 1. The van der Waals surface area contributed by atoms with E-state index in [4.69, 9.17) is 15.9 Å². The summed E-state index contributed by atoms with van der Waals surface area (Å²) in [6, 6.07) is 13.0. The van der Waals surface area contributed by atoms with Gasteiger partial charge >= 0.3 is 0 Å². The molecule has 0 aliphatic rings. The lowest BCUT2D eigenvalue weighted by Crippen LogP contribution is -2.19. The summed E-state index contributed by atoms with van der Waals surface area (Å²) in [5.74, 6) is 0.00153. The predicted octanol–water partition coefficient (Wildman–Crippen LogP) is 3.79. The highest BCUT2D eigenvalue weighted by Crippen LogP contribution is 2.22. The molecule has 0 aliphatic carbocycles. The molecule has 29 heavy (non-hydrogen) atoms. The zero-order valence-corrected chi connectivity index (χ0v) is 16.4. The van der Waals surface area contributed by atoms with E-state index in [2.05, 4.69) is 10.3 Å². The number of rotatable bonds is 7. The van der Waals surface area contributed by atoms with Gasteiger partial charge in [-0.15, -0.1) is 0 Å². The standard InChI is InChI=1S/C22H24N4O3/c1-3-13(2)19(24)22-26-18(12-29-22)21(28)25-17-10-6-15(7-11-17)20(27)14-4-8-16(23)9-5-14/h4-13,19H,3,23-24H2,1-2H3,(H,25,28). The summed E-state index contributed by atoms with van der Waals surface area (Å²) < 4.78 is 5.37. The number of carbonyl (C=O) groups is 2. The van der Waals surface area contributed by atoms with Gasteiger partial charge in [-0.05, 0) is 54.4 Å². The van der Waals surface area contributed by atoms with Crippen molar-refractivity contribution in [2.75, 3.05) is 11.1 Å². The van der Waals surface area contributed by atoms with E-state index in [1.54, 1.807) is 48.5 Å². The van der Waals surface area contributed by atoms with Crippen molar-refractivity contribution in [1.29, 1.82) is 0 Å². The number of nitrogens with one attached hydrogen (secondary N) is 1. The quantitative estimate of drug-likeness (QED) is 0.415. The molecule has 3 aromatic rings. The van der Waals surface area contributed by atoms with E-state index in [9.17, 15) is 9.59 Å². The number of nitrogens with zero attached hydrogens (tertiary/aromatic N) is 1. The first-order valence-corrected chi connectivity index (χ1v) is 9.41. The Morgan fingerprint density at radius 2 is 1.66 bits per heavy atom. The van der Waals surface area contributed by atoms with Gasteiger partial charge < -0.3 is 21.2 Å². The van der Waals surface area contributed by atoms with E-state index in [1.807, 2.05) is 13.8 Å². The Morgan fingerprint density at radius 1 is 1.07 bits per heavy atom. The van der Waals surface area contributed by atoms with Crippen LogP contribution in [-0.2, 0) is 0 Å². The molecule has 1 aromatic heterocycles. The number of hydrogen-bond donors (Lipinski definition) is 3. The molecule has 150 valence electrons. The minimum absolute atomic E-state index is 0.122. The van der Waals surface area contributed by atoms with Crippen LogP contribution in [0, 0.1) is 5.92 Å². The number of aromatic nitrogens is 1. The maximum Gasteiger partial charge on any atom is 0.277 e. The van der Waals surface area contributed by atoms with Crippen molar-refractivity contribution < 1.29 is 14.0 Å². The molecule has 0 saturated carbocycles. The van der Waals surface area contributed by atoms with Crippen LogP contribution in [0.15, 0.2) is 59.2 Å². The van der Waals surface area contributed by atoms with Crippen molar-refractivity contribution in [3.05, 3.63) is 77.5 Å². The minimum Gasteiger partial charge on any atom is -0.446 e. The monoisotopic (exact) mass is 392 g/mol. The first-order valence-electron chi connectivity index (χ1n) is 9.41. The lowest BCUT2D eigenvalue weighted by molar-refractivity contribution is 0.101. The zero-order valence-electron chi connectivity index (χ0n) is 16.4. The summed E-state index contributed by atoms with van der Waals surface area (Å²) in [5, 5.41) is 2.74. The molecule has 0 fully saturated rings.